The molecule has 7 aromatic carbocycles. The number of fused-ring (bicyclic) bond motifs is 11. The van der Waals surface area contributed by atoms with Gasteiger partial charge in [0.2, 0.25) is 5.95 Å². The monoisotopic (exact) mass is 626 g/mol. The molecule has 2 aliphatic rings. The van der Waals surface area contributed by atoms with Crippen LogP contribution in [0.5, 0.6) is 0 Å². The van der Waals surface area contributed by atoms with Gasteiger partial charge in [0, 0.05) is 32.8 Å². The minimum Gasteiger partial charge on any atom is -0.455 e. The Morgan fingerprint density at radius 2 is 0.959 bits per heavy atom. The first-order valence-electron chi connectivity index (χ1n) is 16.5. The van der Waals surface area contributed by atoms with Crippen LogP contribution in [0, 0.1) is 0 Å². The van der Waals surface area contributed by atoms with E-state index in [4.69, 9.17) is 14.4 Å². The molecule has 0 atom stereocenters. The van der Waals surface area contributed by atoms with E-state index >= 15 is 0 Å². The summed E-state index contributed by atoms with van der Waals surface area (Å²) < 4.78 is 6.54. The van der Waals surface area contributed by atoms with Crippen molar-refractivity contribution in [2.24, 2.45) is 0 Å². The van der Waals surface area contributed by atoms with E-state index in [2.05, 4.69) is 143 Å². The first-order chi connectivity index (χ1) is 24.3. The molecule has 0 unspecified atom stereocenters. The van der Waals surface area contributed by atoms with Crippen molar-refractivity contribution >= 4 is 67.2 Å². The number of hydrogen-bond acceptors (Lipinski definition) is 5. The molecule has 0 saturated heterocycles. The van der Waals surface area contributed by atoms with Crippen LogP contribution in [0.3, 0.4) is 0 Å². The molecule has 11 rings (SSSR count). The fourth-order valence-corrected chi connectivity index (χ4v) is 7.87. The van der Waals surface area contributed by atoms with Crippen LogP contribution >= 0.6 is 0 Å². The molecule has 0 bridgehead atoms. The minimum absolute atomic E-state index is 0.605. The Morgan fingerprint density at radius 3 is 1.82 bits per heavy atom. The molecule has 0 saturated carbocycles. The van der Waals surface area contributed by atoms with Gasteiger partial charge in [-0.2, -0.15) is 0 Å². The fourth-order valence-electron chi connectivity index (χ4n) is 7.87. The summed E-state index contributed by atoms with van der Waals surface area (Å²) in [7, 11) is 0. The van der Waals surface area contributed by atoms with Gasteiger partial charge in [-0.3, -0.25) is 4.90 Å². The maximum atomic E-state index is 6.54. The van der Waals surface area contributed by atoms with Gasteiger partial charge in [-0.15, -0.1) is 0 Å². The van der Waals surface area contributed by atoms with Gasteiger partial charge in [-0.1, -0.05) is 115 Å². The van der Waals surface area contributed by atoms with E-state index in [1.807, 2.05) is 24.3 Å². The van der Waals surface area contributed by atoms with Crippen LogP contribution in [-0.2, 0) is 0 Å². The zero-order valence-electron chi connectivity index (χ0n) is 26.2. The normalized spacial score (nSPS) is 12.8. The van der Waals surface area contributed by atoms with Crippen LogP contribution in [-0.4, -0.2) is 9.97 Å². The molecule has 0 radical (unpaired) electrons. The topological polar surface area (TPSA) is 45.4 Å². The van der Waals surface area contributed by atoms with Crippen molar-refractivity contribution < 1.29 is 4.42 Å². The van der Waals surface area contributed by atoms with Gasteiger partial charge in [0.15, 0.2) is 0 Å². The maximum absolute atomic E-state index is 6.54. The minimum atomic E-state index is 0.605. The van der Waals surface area contributed by atoms with E-state index in [9.17, 15) is 0 Å². The average Bonchev–Trinajstić information content (AvgIpc) is 3.49. The Morgan fingerprint density at radius 1 is 0.388 bits per heavy atom. The van der Waals surface area contributed by atoms with E-state index in [-0.39, 0.29) is 0 Å². The zero-order chi connectivity index (χ0) is 32.1. The second-order valence-electron chi connectivity index (χ2n) is 12.6. The van der Waals surface area contributed by atoms with E-state index in [0.29, 0.717) is 5.95 Å². The number of furan rings is 1. The summed E-state index contributed by atoms with van der Waals surface area (Å²) in [6, 6.07) is 55.4. The second-order valence-corrected chi connectivity index (χ2v) is 12.6. The molecular weight excluding hydrogens is 601 g/mol. The van der Waals surface area contributed by atoms with Crippen molar-refractivity contribution in [3.63, 3.8) is 0 Å². The highest BCUT2D eigenvalue weighted by molar-refractivity contribution is 6.13. The summed E-state index contributed by atoms with van der Waals surface area (Å²) in [6.45, 7) is 0. The second kappa shape index (κ2) is 9.89. The molecule has 9 aromatic rings. The number of aromatic nitrogens is 2. The van der Waals surface area contributed by atoms with Gasteiger partial charge in [-0.05, 0) is 53.6 Å². The molecule has 0 spiro atoms. The van der Waals surface area contributed by atoms with Gasteiger partial charge in [0.25, 0.3) is 0 Å². The van der Waals surface area contributed by atoms with Crippen molar-refractivity contribution in [1.29, 1.82) is 0 Å². The molecule has 2 aromatic heterocycles. The number of anilines is 6. The summed E-state index contributed by atoms with van der Waals surface area (Å²) in [5.74, 6) is 0.605. The Labute approximate surface area is 282 Å². The largest absolute Gasteiger partial charge is 0.455 e. The number of rotatable bonds is 2. The first-order valence-corrected chi connectivity index (χ1v) is 16.5. The Kier molecular flexibility index (Phi) is 5.32. The predicted octanol–water partition coefficient (Wildman–Crippen LogP) is 12.1. The van der Waals surface area contributed by atoms with Crippen molar-refractivity contribution in [3.05, 3.63) is 158 Å². The highest BCUT2D eigenvalue weighted by atomic mass is 16.3. The van der Waals surface area contributed by atoms with Gasteiger partial charge >= 0.3 is 0 Å². The Bertz CT molecular complexity index is 2820. The summed E-state index contributed by atoms with van der Waals surface area (Å²) in [6.07, 6.45) is 0. The third-order valence-corrected chi connectivity index (χ3v) is 9.95. The van der Waals surface area contributed by atoms with Crippen LogP contribution in [0.2, 0.25) is 0 Å². The summed E-state index contributed by atoms with van der Waals surface area (Å²) in [5.41, 5.74) is 14.5. The SMILES string of the molecule is c1ccc2c(c1)-c1ccccc1N1c3ccccc3N(c3nc(-c4cccc5c4oc4ccccc45)c4ccccc4n3)c3cccc-2c31. The summed E-state index contributed by atoms with van der Waals surface area (Å²) in [4.78, 5) is 15.4. The van der Waals surface area contributed by atoms with Crippen molar-refractivity contribution in [2.75, 3.05) is 9.80 Å². The third-order valence-electron chi connectivity index (χ3n) is 9.95. The van der Waals surface area contributed by atoms with E-state index in [0.717, 1.165) is 78.1 Å². The lowest BCUT2D eigenvalue weighted by Crippen LogP contribution is -2.25. The molecule has 4 heterocycles. The lowest BCUT2D eigenvalue weighted by molar-refractivity contribution is 0.670. The third kappa shape index (κ3) is 3.64. The molecular formula is C44H26N4O. The zero-order valence-corrected chi connectivity index (χ0v) is 26.2. The molecule has 0 amide bonds. The molecule has 228 valence electrons. The maximum Gasteiger partial charge on any atom is 0.235 e. The van der Waals surface area contributed by atoms with Crippen LogP contribution in [0.25, 0.3) is 66.4 Å². The van der Waals surface area contributed by atoms with Gasteiger partial charge in [0.05, 0.1) is 39.6 Å². The molecule has 0 fully saturated rings. The van der Waals surface area contributed by atoms with E-state index < -0.39 is 0 Å². The van der Waals surface area contributed by atoms with Crippen molar-refractivity contribution in [3.8, 4) is 33.5 Å². The molecule has 2 aliphatic heterocycles. The quantitative estimate of drug-likeness (QED) is 0.191. The van der Waals surface area contributed by atoms with Gasteiger partial charge < -0.3 is 9.32 Å². The highest BCUT2D eigenvalue weighted by Crippen LogP contribution is 2.60. The molecule has 49 heavy (non-hydrogen) atoms. The predicted molar refractivity (Wildman–Crippen MR) is 200 cm³/mol. The van der Waals surface area contributed by atoms with Crippen molar-refractivity contribution in [1.82, 2.24) is 9.97 Å². The summed E-state index contributed by atoms with van der Waals surface area (Å²) in [5, 5.41) is 3.14. The molecule has 0 N–H and O–H groups in total. The van der Waals surface area contributed by atoms with Crippen molar-refractivity contribution in [2.45, 2.75) is 0 Å². The average molecular weight is 627 g/mol. The van der Waals surface area contributed by atoms with Gasteiger partial charge in [0.1, 0.15) is 11.2 Å². The van der Waals surface area contributed by atoms with E-state index in [1.54, 1.807) is 0 Å². The highest BCUT2D eigenvalue weighted by Gasteiger charge is 2.37. The first kappa shape index (κ1) is 26.4. The summed E-state index contributed by atoms with van der Waals surface area (Å²) >= 11 is 0. The fraction of sp³-hybridized carbons (Fsp3) is 0. The molecule has 0 aliphatic carbocycles. The van der Waals surface area contributed by atoms with Crippen LogP contribution < -0.4 is 9.80 Å². The number of hydrogen-bond donors (Lipinski definition) is 0. The number of benzene rings is 7. The van der Waals surface area contributed by atoms with Crippen LogP contribution in [0.15, 0.2) is 162 Å². The van der Waals surface area contributed by atoms with E-state index in [1.165, 1.54) is 16.7 Å². The lowest BCUT2D eigenvalue weighted by Gasteiger charge is -2.40. The number of nitrogens with zero attached hydrogens (tertiary/aromatic N) is 4. The lowest BCUT2D eigenvalue weighted by atomic mass is 9.94. The smallest absolute Gasteiger partial charge is 0.235 e. The Balaban J connectivity index is 1.23. The van der Waals surface area contributed by atoms with Crippen LogP contribution in [0.4, 0.5) is 34.4 Å². The van der Waals surface area contributed by atoms with Crippen LogP contribution in [0.1, 0.15) is 0 Å². The molecule has 5 heteroatoms. The Hall–Kier alpha value is -6.72. The number of para-hydroxylation sites is 7. The molecule has 5 nitrogen and oxygen atoms in total. The van der Waals surface area contributed by atoms with Gasteiger partial charge in [-0.25, -0.2) is 9.97 Å². The standard InChI is InChI=1S/C44H26N4O/c1-2-14-28-27(13-1)29-15-4-7-22-36(29)47-37-23-8-9-24-38(37)48(39-25-12-18-31(28)42(39)47)44-45-35-21-6-3-17-33(35)41(46-44)34-20-11-19-32-30-16-5-10-26-40(30)49-43(32)34/h1-26H.